The second kappa shape index (κ2) is 12.0. The topological polar surface area (TPSA) is 111 Å². The first-order chi connectivity index (χ1) is 17.8. The molecule has 11 heteroatoms. The number of nitrogens with zero attached hydrogens (tertiary/aromatic N) is 4. The monoisotopic (exact) mass is 638 g/mol. The molecule has 0 aliphatic rings. The van der Waals surface area contributed by atoms with Gasteiger partial charge in [0.25, 0.3) is 11.4 Å². The first-order valence-electron chi connectivity index (χ1n) is 10.6. The van der Waals surface area contributed by atoms with Crippen LogP contribution in [0, 0.1) is 20.2 Å². The van der Waals surface area contributed by atoms with Gasteiger partial charge in [-0.05, 0) is 104 Å². The predicted octanol–water partition coefficient (Wildman–Crippen LogP) is 8.68. The van der Waals surface area contributed by atoms with Gasteiger partial charge in [0.2, 0.25) is 0 Å². The Morgan fingerprint density at radius 2 is 1.00 bits per heavy atom. The molecule has 4 aromatic carbocycles. The van der Waals surface area contributed by atoms with Gasteiger partial charge in [-0.25, -0.2) is 0 Å². The van der Waals surface area contributed by atoms with E-state index in [-0.39, 0.29) is 11.4 Å². The molecule has 0 amide bonds. The summed E-state index contributed by atoms with van der Waals surface area (Å²) in [5.74, 6) is 0. The third-order valence-corrected chi connectivity index (χ3v) is 7.33. The maximum atomic E-state index is 11.1. The molecule has 0 saturated carbocycles. The Bertz CT molecular complexity index is 1410. The molecule has 0 aromatic heterocycles. The Kier molecular flexibility index (Phi) is 8.59. The van der Waals surface area contributed by atoms with Gasteiger partial charge in [0.05, 0.1) is 30.2 Å². The van der Waals surface area contributed by atoms with Crippen molar-refractivity contribution in [2.75, 3.05) is 0 Å². The summed E-state index contributed by atoms with van der Waals surface area (Å²) in [5.41, 5.74) is 2.71. The fourth-order valence-corrected chi connectivity index (χ4v) is 4.73. The molecule has 4 rings (SSSR count). The molecule has 0 heterocycles. The molecule has 0 saturated heterocycles. The largest absolute Gasteiger partial charge is 0.284 e. The zero-order valence-electron chi connectivity index (χ0n) is 18.8. The van der Waals surface area contributed by atoms with Crippen LogP contribution in [0.2, 0.25) is 0 Å². The Balaban J connectivity index is 1.38. The molecule has 184 valence electrons. The lowest BCUT2D eigenvalue weighted by Gasteiger charge is -2.03. The first-order valence-corrected chi connectivity index (χ1v) is 13.0. The van der Waals surface area contributed by atoms with E-state index in [9.17, 15) is 20.2 Å². The fourth-order valence-electron chi connectivity index (χ4n) is 3.13. The van der Waals surface area contributed by atoms with E-state index in [1.54, 1.807) is 48.5 Å². The molecular formula is C26H16Br2N4O4S. The minimum atomic E-state index is -0.442. The molecule has 0 unspecified atom stereocenters. The highest BCUT2D eigenvalue weighted by atomic mass is 79.9. The van der Waals surface area contributed by atoms with Crippen molar-refractivity contribution in [1.29, 1.82) is 0 Å². The molecule has 0 aliphatic carbocycles. The molecule has 0 fully saturated rings. The normalized spacial score (nSPS) is 11.3. The van der Waals surface area contributed by atoms with E-state index >= 15 is 0 Å². The van der Waals surface area contributed by atoms with Crippen LogP contribution in [0.1, 0.15) is 11.1 Å². The minimum absolute atomic E-state index is 0.00954. The number of hydrogen-bond acceptors (Lipinski definition) is 7. The summed E-state index contributed by atoms with van der Waals surface area (Å²) < 4.78 is 0.846. The van der Waals surface area contributed by atoms with Crippen LogP contribution in [-0.2, 0) is 0 Å². The molecular weight excluding hydrogens is 624 g/mol. The zero-order valence-corrected chi connectivity index (χ0v) is 22.8. The van der Waals surface area contributed by atoms with Gasteiger partial charge in [0, 0.05) is 34.4 Å². The zero-order chi connectivity index (χ0) is 26.4. The van der Waals surface area contributed by atoms with Crippen molar-refractivity contribution < 1.29 is 9.85 Å². The summed E-state index contributed by atoms with van der Waals surface area (Å²) in [6.07, 6.45) is 3.18. The number of nitro benzene ring substituents is 2. The first kappa shape index (κ1) is 26.4. The highest BCUT2D eigenvalue weighted by Crippen LogP contribution is 2.31. The van der Waals surface area contributed by atoms with Gasteiger partial charge < -0.3 is 0 Å². The van der Waals surface area contributed by atoms with Gasteiger partial charge >= 0.3 is 0 Å². The number of aliphatic imine (C=N–C) groups is 2. The van der Waals surface area contributed by atoms with Gasteiger partial charge in [-0.2, -0.15) is 0 Å². The summed E-state index contributed by atoms with van der Waals surface area (Å²) in [6, 6.07) is 25.0. The standard InChI is InChI=1S/C26H16Br2N4O4S/c27-23-11-1-17(13-25(23)31(33)34)15-29-19-3-7-21(8-4-19)37-22-9-5-20(6-10-22)30-16-18-2-12-24(28)26(14-18)32(35)36/h1-16H. The number of benzene rings is 4. The number of halogens is 2. The van der Waals surface area contributed by atoms with Crippen molar-refractivity contribution in [2.24, 2.45) is 9.98 Å². The van der Waals surface area contributed by atoms with E-state index in [2.05, 4.69) is 41.8 Å². The molecule has 0 bridgehead atoms. The predicted molar refractivity (Wildman–Crippen MR) is 153 cm³/mol. The van der Waals surface area contributed by atoms with Gasteiger partial charge in [0.15, 0.2) is 0 Å². The molecule has 37 heavy (non-hydrogen) atoms. The number of hydrogen-bond donors (Lipinski definition) is 0. The molecule has 0 aliphatic heterocycles. The molecule has 8 nitrogen and oxygen atoms in total. The Morgan fingerprint density at radius 1 is 0.622 bits per heavy atom. The van der Waals surface area contributed by atoms with E-state index in [0.29, 0.717) is 20.1 Å². The van der Waals surface area contributed by atoms with E-state index in [1.165, 1.54) is 12.1 Å². The smallest absolute Gasteiger partial charge is 0.258 e. The van der Waals surface area contributed by atoms with Gasteiger partial charge in [-0.15, -0.1) is 0 Å². The van der Waals surface area contributed by atoms with Crippen LogP contribution in [0.15, 0.2) is 114 Å². The van der Waals surface area contributed by atoms with Gasteiger partial charge in [0.1, 0.15) is 0 Å². The Morgan fingerprint density at radius 3 is 1.35 bits per heavy atom. The fraction of sp³-hybridized carbons (Fsp3) is 0. The Labute approximate surface area is 232 Å². The molecule has 0 spiro atoms. The van der Waals surface area contributed by atoms with Crippen LogP contribution in [0.3, 0.4) is 0 Å². The molecule has 0 N–H and O–H groups in total. The second-order valence-corrected chi connectivity index (χ2v) is 10.4. The lowest BCUT2D eigenvalue weighted by molar-refractivity contribution is -0.385. The minimum Gasteiger partial charge on any atom is -0.258 e. The highest BCUT2D eigenvalue weighted by Gasteiger charge is 2.12. The van der Waals surface area contributed by atoms with Crippen LogP contribution in [0.4, 0.5) is 22.7 Å². The van der Waals surface area contributed by atoms with Crippen LogP contribution < -0.4 is 0 Å². The number of rotatable bonds is 8. The van der Waals surface area contributed by atoms with Crippen molar-refractivity contribution in [2.45, 2.75) is 9.79 Å². The van der Waals surface area contributed by atoms with Crippen molar-refractivity contribution in [3.05, 3.63) is 125 Å². The third kappa shape index (κ3) is 7.19. The van der Waals surface area contributed by atoms with Crippen molar-refractivity contribution >= 4 is 78.8 Å². The Hall–Kier alpha value is -3.67. The summed E-state index contributed by atoms with van der Waals surface area (Å²) in [6.45, 7) is 0. The van der Waals surface area contributed by atoms with E-state index in [1.807, 2.05) is 48.5 Å². The van der Waals surface area contributed by atoms with E-state index < -0.39 is 9.85 Å². The second-order valence-electron chi connectivity index (χ2n) is 7.54. The lowest BCUT2D eigenvalue weighted by atomic mass is 10.2. The average Bonchev–Trinajstić information content (AvgIpc) is 2.89. The van der Waals surface area contributed by atoms with E-state index in [4.69, 9.17) is 0 Å². The summed E-state index contributed by atoms with van der Waals surface area (Å²) in [7, 11) is 0. The molecule has 0 atom stereocenters. The van der Waals surface area contributed by atoms with Crippen LogP contribution >= 0.6 is 43.6 Å². The summed E-state index contributed by atoms with van der Waals surface area (Å²) in [4.78, 5) is 32.1. The maximum Gasteiger partial charge on any atom is 0.284 e. The van der Waals surface area contributed by atoms with E-state index in [0.717, 1.165) is 21.2 Å². The molecule has 0 radical (unpaired) electrons. The van der Waals surface area contributed by atoms with Gasteiger partial charge in [-0.1, -0.05) is 23.9 Å². The number of nitro groups is 2. The lowest BCUT2D eigenvalue weighted by Crippen LogP contribution is -1.91. The average molecular weight is 640 g/mol. The van der Waals surface area contributed by atoms with Crippen molar-refractivity contribution in [3.63, 3.8) is 0 Å². The summed E-state index contributed by atoms with van der Waals surface area (Å²) in [5, 5.41) is 22.2. The van der Waals surface area contributed by atoms with Crippen molar-refractivity contribution in [1.82, 2.24) is 0 Å². The maximum absolute atomic E-state index is 11.1. The van der Waals surface area contributed by atoms with Crippen LogP contribution in [-0.4, -0.2) is 22.3 Å². The van der Waals surface area contributed by atoms with Crippen molar-refractivity contribution in [3.8, 4) is 0 Å². The van der Waals surface area contributed by atoms with Crippen LogP contribution in [0.25, 0.3) is 0 Å². The van der Waals surface area contributed by atoms with Crippen LogP contribution in [0.5, 0.6) is 0 Å². The SMILES string of the molecule is O=[N+]([O-])c1cc(C=Nc2ccc(Sc3ccc(N=Cc4ccc(Br)c([N+](=O)[O-])c4)cc3)cc2)ccc1Br. The third-order valence-electron chi connectivity index (χ3n) is 4.97. The van der Waals surface area contributed by atoms with Gasteiger partial charge in [-0.3, -0.25) is 30.2 Å². The highest BCUT2D eigenvalue weighted by molar-refractivity contribution is 9.11. The molecule has 4 aromatic rings. The summed E-state index contributed by atoms with van der Waals surface area (Å²) >= 11 is 7.93. The quantitative estimate of drug-likeness (QED) is 0.109.